The zero-order chi connectivity index (χ0) is 11.5. The molecule has 0 aliphatic rings. The predicted molar refractivity (Wildman–Crippen MR) is 50.4 cm³/mol. The van der Waals surface area contributed by atoms with Gasteiger partial charge in [0.05, 0.1) is 13.3 Å². The number of nitrogens with one attached hydrogen (secondary N) is 1. The lowest BCUT2D eigenvalue weighted by atomic mass is 10.7. The molecule has 84 valence electrons. The summed E-state index contributed by atoms with van der Waals surface area (Å²) in [7, 11) is -0.901. The Morgan fingerprint density at radius 1 is 1.67 bits per heavy atom. The Morgan fingerprint density at radius 2 is 2.33 bits per heavy atom. The van der Waals surface area contributed by atoms with Gasteiger partial charge in [0.15, 0.2) is 0 Å². The molecule has 15 heavy (non-hydrogen) atoms. The van der Waals surface area contributed by atoms with Gasteiger partial charge >= 0.3 is 5.97 Å². The second-order valence-corrected chi connectivity index (χ2v) is 4.52. The van der Waals surface area contributed by atoms with Crippen LogP contribution in [0.2, 0.25) is 0 Å². The Kier molecular flexibility index (Phi) is 3.43. The van der Waals surface area contributed by atoms with Gasteiger partial charge in [0.1, 0.15) is 11.4 Å². The molecule has 0 aromatic carbocycles. The minimum absolute atomic E-state index is 0.00824. The SMILES string of the molecule is COC(=O)CNS(=O)(=O)c1cnn(C)c1. The van der Waals surface area contributed by atoms with Crippen LogP contribution in [-0.4, -0.2) is 37.8 Å². The van der Waals surface area contributed by atoms with Crippen LogP contribution in [-0.2, 0) is 26.6 Å². The molecule has 1 aromatic rings. The predicted octanol–water partition coefficient (Wildman–Crippen LogP) is -1.13. The van der Waals surface area contributed by atoms with E-state index in [1.807, 2.05) is 0 Å². The van der Waals surface area contributed by atoms with Crippen LogP contribution in [0.1, 0.15) is 0 Å². The van der Waals surface area contributed by atoms with E-state index in [0.717, 1.165) is 0 Å². The second-order valence-electron chi connectivity index (χ2n) is 2.75. The Balaban J connectivity index is 2.72. The highest BCUT2D eigenvalue weighted by atomic mass is 32.2. The number of carbonyl (C=O) groups excluding carboxylic acids is 1. The molecule has 1 rings (SSSR count). The molecule has 1 N–H and O–H groups in total. The van der Waals surface area contributed by atoms with E-state index in [1.54, 1.807) is 7.05 Å². The summed E-state index contributed by atoms with van der Waals surface area (Å²) in [5, 5.41) is 3.71. The third kappa shape index (κ3) is 3.03. The molecule has 7 nitrogen and oxygen atoms in total. The minimum atomic E-state index is -3.68. The smallest absolute Gasteiger partial charge is 0.320 e. The minimum Gasteiger partial charge on any atom is -0.468 e. The van der Waals surface area contributed by atoms with E-state index in [1.165, 1.54) is 24.2 Å². The molecule has 0 saturated heterocycles. The van der Waals surface area contributed by atoms with Gasteiger partial charge in [-0.1, -0.05) is 0 Å². The van der Waals surface area contributed by atoms with Crippen molar-refractivity contribution in [2.75, 3.05) is 13.7 Å². The summed E-state index contributed by atoms with van der Waals surface area (Å²) in [4.78, 5) is 10.7. The zero-order valence-electron chi connectivity index (χ0n) is 8.30. The number of aryl methyl sites for hydroxylation is 1. The highest BCUT2D eigenvalue weighted by molar-refractivity contribution is 7.89. The van der Waals surface area contributed by atoms with Crippen LogP contribution < -0.4 is 4.72 Å². The monoisotopic (exact) mass is 233 g/mol. The van der Waals surface area contributed by atoms with Gasteiger partial charge in [0.25, 0.3) is 0 Å². The van der Waals surface area contributed by atoms with Crippen LogP contribution in [0, 0.1) is 0 Å². The number of hydrogen-bond acceptors (Lipinski definition) is 5. The fourth-order valence-electron chi connectivity index (χ4n) is 0.847. The van der Waals surface area contributed by atoms with Gasteiger partial charge in [-0.25, -0.2) is 8.42 Å². The van der Waals surface area contributed by atoms with Crippen molar-refractivity contribution in [3.8, 4) is 0 Å². The Hall–Kier alpha value is -1.41. The summed E-state index contributed by atoms with van der Waals surface area (Å²) >= 11 is 0. The highest BCUT2D eigenvalue weighted by Crippen LogP contribution is 2.04. The maximum Gasteiger partial charge on any atom is 0.320 e. The number of rotatable bonds is 4. The van der Waals surface area contributed by atoms with Gasteiger partial charge in [-0.3, -0.25) is 9.48 Å². The first-order valence-corrected chi connectivity index (χ1v) is 5.49. The number of sulfonamides is 1. The number of esters is 1. The molecule has 1 heterocycles. The van der Waals surface area contributed by atoms with Gasteiger partial charge in [-0.15, -0.1) is 0 Å². The van der Waals surface area contributed by atoms with Crippen LogP contribution in [0.4, 0.5) is 0 Å². The third-order valence-corrected chi connectivity index (χ3v) is 2.98. The maximum absolute atomic E-state index is 11.5. The first-order valence-electron chi connectivity index (χ1n) is 4.01. The summed E-state index contributed by atoms with van der Waals surface area (Å²) in [6, 6.07) is 0. The topological polar surface area (TPSA) is 90.3 Å². The Bertz CT molecular complexity index is 451. The van der Waals surface area contributed by atoms with Crippen LogP contribution >= 0.6 is 0 Å². The van der Waals surface area contributed by atoms with E-state index in [2.05, 4.69) is 14.6 Å². The molecule has 0 unspecified atom stereocenters. The third-order valence-electron chi connectivity index (χ3n) is 1.63. The van der Waals surface area contributed by atoms with Gasteiger partial charge < -0.3 is 4.74 Å². The average molecular weight is 233 g/mol. The van der Waals surface area contributed by atoms with Crippen molar-refractivity contribution >= 4 is 16.0 Å². The summed E-state index contributed by atoms with van der Waals surface area (Å²) in [5.74, 6) is -0.650. The molecule has 0 amide bonds. The molecular weight excluding hydrogens is 222 g/mol. The van der Waals surface area contributed by atoms with Gasteiger partial charge in [-0.05, 0) is 0 Å². The zero-order valence-corrected chi connectivity index (χ0v) is 9.11. The largest absolute Gasteiger partial charge is 0.468 e. The fraction of sp³-hybridized carbons (Fsp3) is 0.429. The van der Waals surface area contributed by atoms with Crippen molar-refractivity contribution in [3.05, 3.63) is 12.4 Å². The molecule has 1 aromatic heterocycles. The summed E-state index contributed by atoms with van der Waals surface area (Å²) < 4.78 is 30.7. The van der Waals surface area contributed by atoms with E-state index >= 15 is 0 Å². The molecule has 0 saturated carbocycles. The lowest BCUT2D eigenvalue weighted by Gasteiger charge is -2.02. The Morgan fingerprint density at radius 3 is 2.80 bits per heavy atom. The first-order chi connectivity index (χ1) is 6.95. The number of carbonyl (C=O) groups is 1. The van der Waals surface area contributed by atoms with Crippen molar-refractivity contribution in [1.29, 1.82) is 0 Å². The lowest BCUT2D eigenvalue weighted by molar-refractivity contribution is -0.139. The van der Waals surface area contributed by atoms with Crippen LogP contribution in [0.25, 0.3) is 0 Å². The van der Waals surface area contributed by atoms with E-state index < -0.39 is 22.5 Å². The average Bonchev–Trinajstić information content (AvgIpc) is 2.62. The molecule has 0 atom stereocenters. The molecule has 0 aliphatic carbocycles. The van der Waals surface area contributed by atoms with Crippen molar-refractivity contribution in [1.82, 2.24) is 14.5 Å². The highest BCUT2D eigenvalue weighted by Gasteiger charge is 2.17. The summed E-state index contributed by atoms with van der Waals surface area (Å²) in [6.45, 7) is -0.395. The van der Waals surface area contributed by atoms with Crippen molar-refractivity contribution < 1.29 is 17.9 Å². The quantitative estimate of drug-likeness (QED) is 0.665. The summed E-state index contributed by atoms with van der Waals surface area (Å²) in [6.07, 6.45) is 2.53. The molecule has 0 spiro atoms. The van der Waals surface area contributed by atoms with Gasteiger partial charge in [-0.2, -0.15) is 9.82 Å². The van der Waals surface area contributed by atoms with E-state index in [-0.39, 0.29) is 4.90 Å². The van der Waals surface area contributed by atoms with Gasteiger partial charge in [0, 0.05) is 13.2 Å². The van der Waals surface area contributed by atoms with Crippen LogP contribution in [0.15, 0.2) is 17.3 Å². The fourth-order valence-corrected chi connectivity index (χ4v) is 1.80. The van der Waals surface area contributed by atoms with Crippen LogP contribution in [0.5, 0.6) is 0 Å². The van der Waals surface area contributed by atoms with Gasteiger partial charge in [0.2, 0.25) is 10.0 Å². The Labute approximate surface area is 87.1 Å². The van der Waals surface area contributed by atoms with Crippen molar-refractivity contribution in [2.45, 2.75) is 4.90 Å². The summed E-state index contributed by atoms with van der Waals surface area (Å²) in [5.41, 5.74) is 0. The number of methoxy groups -OCH3 is 1. The first kappa shape index (κ1) is 11.7. The van der Waals surface area contributed by atoms with E-state index in [4.69, 9.17) is 0 Å². The molecule has 8 heteroatoms. The van der Waals surface area contributed by atoms with Crippen molar-refractivity contribution in [3.63, 3.8) is 0 Å². The normalized spacial score (nSPS) is 11.3. The number of ether oxygens (including phenoxy) is 1. The maximum atomic E-state index is 11.5. The number of hydrogen-bond donors (Lipinski definition) is 1. The van der Waals surface area contributed by atoms with E-state index in [0.29, 0.717) is 0 Å². The second kappa shape index (κ2) is 4.41. The van der Waals surface area contributed by atoms with Crippen molar-refractivity contribution in [2.24, 2.45) is 7.05 Å². The number of aromatic nitrogens is 2. The molecule has 0 aliphatic heterocycles. The van der Waals surface area contributed by atoms with Crippen LogP contribution in [0.3, 0.4) is 0 Å². The lowest BCUT2D eigenvalue weighted by Crippen LogP contribution is -2.30. The number of nitrogens with zero attached hydrogens (tertiary/aromatic N) is 2. The molecule has 0 radical (unpaired) electrons. The standard InChI is InChI=1S/C7H11N3O4S/c1-10-5-6(3-8-10)15(12,13)9-4-7(11)14-2/h3,5,9H,4H2,1-2H3. The molecule has 0 fully saturated rings. The molecule has 0 bridgehead atoms. The van der Waals surface area contributed by atoms with E-state index in [9.17, 15) is 13.2 Å². The molecular formula is C7H11N3O4S.